The van der Waals surface area contributed by atoms with Crippen LogP contribution in [0.25, 0.3) is 22.4 Å². The third-order valence-electron chi connectivity index (χ3n) is 2.88. The van der Waals surface area contributed by atoms with Crippen LogP contribution < -0.4 is 4.74 Å². The zero-order valence-electron chi connectivity index (χ0n) is 10.1. The highest BCUT2D eigenvalue weighted by Crippen LogP contribution is 2.31. The summed E-state index contributed by atoms with van der Waals surface area (Å²) >= 11 is 7.00. The molecule has 3 aromatic rings. The van der Waals surface area contributed by atoms with E-state index >= 15 is 0 Å². The number of imidazole rings is 1. The molecule has 0 bridgehead atoms. The number of rotatable bonds is 2. The van der Waals surface area contributed by atoms with Gasteiger partial charge in [0, 0.05) is 20.6 Å². The number of halogens is 2. The van der Waals surface area contributed by atoms with Crippen molar-refractivity contribution in [2.24, 2.45) is 0 Å². The van der Waals surface area contributed by atoms with E-state index in [0.717, 1.165) is 37.1 Å². The molecule has 3 rings (SSSR count). The molecule has 0 aliphatic heterocycles. The Kier molecular flexibility index (Phi) is 3.33. The van der Waals surface area contributed by atoms with Gasteiger partial charge in [-0.1, -0.05) is 15.9 Å². The van der Waals surface area contributed by atoms with Crippen LogP contribution in [0.5, 0.6) is 5.75 Å². The van der Waals surface area contributed by atoms with Gasteiger partial charge in [-0.15, -0.1) is 0 Å². The molecule has 3 nitrogen and oxygen atoms in total. The van der Waals surface area contributed by atoms with Crippen LogP contribution in [0, 0.1) is 0 Å². The summed E-state index contributed by atoms with van der Waals surface area (Å²) in [6.45, 7) is 0. The lowest BCUT2D eigenvalue weighted by atomic mass is 10.2. The van der Waals surface area contributed by atoms with Crippen LogP contribution in [0.1, 0.15) is 0 Å². The Labute approximate surface area is 127 Å². The highest BCUT2D eigenvalue weighted by atomic mass is 79.9. The first-order chi connectivity index (χ1) is 9.17. The fourth-order valence-electron chi connectivity index (χ4n) is 1.92. The molecule has 2 aromatic carbocycles. The molecule has 5 heteroatoms. The van der Waals surface area contributed by atoms with Crippen molar-refractivity contribution in [1.82, 2.24) is 9.97 Å². The zero-order valence-corrected chi connectivity index (χ0v) is 13.2. The van der Waals surface area contributed by atoms with Crippen molar-refractivity contribution in [3.05, 3.63) is 45.3 Å². The number of nitrogens with zero attached hydrogens (tertiary/aromatic N) is 1. The van der Waals surface area contributed by atoms with E-state index in [0.29, 0.717) is 0 Å². The number of hydrogen-bond acceptors (Lipinski definition) is 2. The van der Waals surface area contributed by atoms with Gasteiger partial charge in [-0.05, 0) is 46.3 Å². The van der Waals surface area contributed by atoms with Gasteiger partial charge in [-0.25, -0.2) is 4.98 Å². The summed E-state index contributed by atoms with van der Waals surface area (Å²) in [6, 6.07) is 11.8. The maximum absolute atomic E-state index is 5.21. The lowest BCUT2D eigenvalue weighted by molar-refractivity contribution is 0.415. The summed E-state index contributed by atoms with van der Waals surface area (Å²) in [5, 5.41) is 0. The molecule has 1 heterocycles. The largest absolute Gasteiger partial charge is 0.497 e. The van der Waals surface area contributed by atoms with Gasteiger partial charge in [-0.2, -0.15) is 0 Å². The second-order valence-corrected chi connectivity index (χ2v) is 5.86. The molecule has 0 saturated heterocycles. The standard InChI is InChI=1S/C14H10Br2N2O/c1-19-9-3-5-12-13(7-9)18-14(17-12)10-4-2-8(15)6-11(10)16/h2-7H,1H3,(H,17,18). The minimum absolute atomic E-state index is 0.817. The summed E-state index contributed by atoms with van der Waals surface area (Å²) < 4.78 is 7.24. The molecule has 0 saturated carbocycles. The molecule has 19 heavy (non-hydrogen) atoms. The van der Waals surface area contributed by atoms with Crippen molar-refractivity contribution in [3.63, 3.8) is 0 Å². The Morgan fingerprint density at radius 1 is 1.11 bits per heavy atom. The first kappa shape index (κ1) is 12.7. The maximum Gasteiger partial charge on any atom is 0.139 e. The Hall–Kier alpha value is -1.33. The van der Waals surface area contributed by atoms with E-state index < -0.39 is 0 Å². The Balaban J connectivity index is 2.14. The smallest absolute Gasteiger partial charge is 0.139 e. The molecule has 1 N–H and O–H groups in total. The molecule has 1 aromatic heterocycles. The monoisotopic (exact) mass is 380 g/mol. The fraction of sp³-hybridized carbons (Fsp3) is 0.0714. The topological polar surface area (TPSA) is 37.9 Å². The van der Waals surface area contributed by atoms with Gasteiger partial charge in [0.25, 0.3) is 0 Å². The normalized spacial score (nSPS) is 10.9. The second-order valence-electron chi connectivity index (χ2n) is 4.09. The molecule has 0 unspecified atom stereocenters. The SMILES string of the molecule is COc1ccc2nc(-c3ccc(Br)cc3Br)[nH]c2c1. The summed E-state index contributed by atoms with van der Waals surface area (Å²) in [6.07, 6.45) is 0. The van der Waals surface area contributed by atoms with E-state index in [1.807, 2.05) is 36.4 Å². The van der Waals surface area contributed by atoms with Crippen LogP contribution in [-0.2, 0) is 0 Å². The van der Waals surface area contributed by atoms with Crippen LogP contribution in [0.4, 0.5) is 0 Å². The van der Waals surface area contributed by atoms with Crippen molar-refractivity contribution in [2.75, 3.05) is 7.11 Å². The Morgan fingerprint density at radius 2 is 1.95 bits per heavy atom. The van der Waals surface area contributed by atoms with Gasteiger partial charge in [0.05, 0.1) is 18.1 Å². The van der Waals surface area contributed by atoms with Crippen LogP contribution >= 0.6 is 31.9 Å². The number of aromatic nitrogens is 2. The first-order valence-electron chi connectivity index (χ1n) is 5.66. The number of nitrogens with one attached hydrogen (secondary N) is 1. The fourth-order valence-corrected chi connectivity index (χ4v) is 3.16. The minimum atomic E-state index is 0.817. The van der Waals surface area contributed by atoms with E-state index in [-0.39, 0.29) is 0 Å². The average molecular weight is 382 g/mol. The predicted molar refractivity (Wildman–Crippen MR) is 83.5 cm³/mol. The van der Waals surface area contributed by atoms with Crippen LogP contribution in [0.2, 0.25) is 0 Å². The number of H-pyrrole nitrogens is 1. The third-order valence-corrected chi connectivity index (χ3v) is 4.02. The number of benzene rings is 2. The van der Waals surface area contributed by atoms with Gasteiger partial charge < -0.3 is 9.72 Å². The summed E-state index contributed by atoms with van der Waals surface area (Å²) in [4.78, 5) is 7.90. The van der Waals surface area contributed by atoms with Gasteiger partial charge in [0.1, 0.15) is 11.6 Å². The Bertz CT molecular complexity index is 752. The molecule has 0 fully saturated rings. The number of hydrogen-bond donors (Lipinski definition) is 1. The van der Waals surface area contributed by atoms with E-state index in [4.69, 9.17) is 4.74 Å². The predicted octanol–water partition coefficient (Wildman–Crippen LogP) is 4.76. The molecule has 0 aliphatic rings. The van der Waals surface area contributed by atoms with Crippen LogP contribution in [0.3, 0.4) is 0 Å². The van der Waals surface area contributed by atoms with E-state index in [1.165, 1.54) is 0 Å². The zero-order chi connectivity index (χ0) is 13.4. The summed E-state index contributed by atoms with van der Waals surface area (Å²) in [7, 11) is 1.66. The van der Waals surface area contributed by atoms with E-state index in [1.54, 1.807) is 7.11 Å². The van der Waals surface area contributed by atoms with Crippen LogP contribution in [-0.4, -0.2) is 17.1 Å². The average Bonchev–Trinajstić information content (AvgIpc) is 2.80. The summed E-state index contributed by atoms with van der Waals surface area (Å²) in [5.41, 5.74) is 2.91. The highest BCUT2D eigenvalue weighted by Gasteiger charge is 2.09. The molecule has 0 aliphatic carbocycles. The molecule has 0 spiro atoms. The highest BCUT2D eigenvalue weighted by molar-refractivity contribution is 9.11. The first-order valence-corrected chi connectivity index (χ1v) is 7.25. The van der Waals surface area contributed by atoms with Crippen molar-refractivity contribution in [1.29, 1.82) is 0 Å². The molecular formula is C14H10Br2N2O. The Morgan fingerprint density at radius 3 is 2.68 bits per heavy atom. The van der Waals surface area contributed by atoms with Crippen molar-refractivity contribution >= 4 is 42.9 Å². The third kappa shape index (κ3) is 2.40. The van der Waals surface area contributed by atoms with Crippen molar-refractivity contribution < 1.29 is 4.74 Å². The number of aromatic amines is 1. The molecule has 0 amide bonds. The lowest BCUT2D eigenvalue weighted by Crippen LogP contribution is -1.82. The van der Waals surface area contributed by atoms with Crippen molar-refractivity contribution in [2.45, 2.75) is 0 Å². The maximum atomic E-state index is 5.21. The molecule has 0 atom stereocenters. The number of ether oxygens (including phenoxy) is 1. The number of fused-ring (bicyclic) bond motifs is 1. The van der Waals surface area contributed by atoms with Crippen LogP contribution in [0.15, 0.2) is 45.3 Å². The van der Waals surface area contributed by atoms with Crippen molar-refractivity contribution in [3.8, 4) is 17.1 Å². The summed E-state index contributed by atoms with van der Waals surface area (Å²) in [5.74, 6) is 1.65. The second kappa shape index (κ2) is 4.98. The van der Waals surface area contributed by atoms with E-state index in [2.05, 4.69) is 41.8 Å². The van der Waals surface area contributed by atoms with Gasteiger partial charge >= 0.3 is 0 Å². The molecular weight excluding hydrogens is 372 g/mol. The minimum Gasteiger partial charge on any atom is -0.497 e. The number of methoxy groups -OCH3 is 1. The van der Waals surface area contributed by atoms with Gasteiger partial charge in [0.15, 0.2) is 0 Å². The van der Waals surface area contributed by atoms with Gasteiger partial charge in [-0.3, -0.25) is 0 Å². The van der Waals surface area contributed by atoms with Gasteiger partial charge in [0.2, 0.25) is 0 Å². The molecule has 96 valence electrons. The quantitative estimate of drug-likeness (QED) is 0.694. The van der Waals surface area contributed by atoms with E-state index in [9.17, 15) is 0 Å². The lowest BCUT2D eigenvalue weighted by Gasteiger charge is -2.00. The molecule has 0 radical (unpaired) electrons.